The SMILES string of the molecule is CNCC(O)Cn1cnc2ccc([N+](=O)[O-])cc2c1=O. The Labute approximate surface area is 113 Å². The number of nitro benzene ring substituents is 1. The van der Waals surface area contributed by atoms with Crippen molar-refractivity contribution in [1.82, 2.24) is 14.9 Å². The minimum absolute atomic E-state index is 0.0747. The van der Waals surface area contributed by atoms with Crippen LogP contribution in [0.3, 0.4) is 0 Å². The first-order valence-electron chi connectivity index (χ1n) is 5.99. The largest absolute Gasteiger partial charge is 0.390 e. The molecular weight excluding hydrogens is 264 g/mol. The van der Waals surface area contributed by atoms with Crippen molar-refractivity contribution < 1.29 is 10.0 Å². The van der Waals surface area contributed by atoms with Gasteiger partial charge < -0.3 is 10.4 Å². The quantitative estimate of drug-likeness (QED) is 0.583. The monoisotopic (exact) mass is 278 g/mol. The van der Waals surface area contributed by atoms with Crippen molar-refractivity contribution >= 4 is 16.6 Å². The Bertz CT molecular complexity index is 697. The van der Waals surface area contributed by atoms with Crippen LogP contribution in [-0.2, 0) is 6.54 Å². The van der Waals surface area contributed by atoms with E-state index < -0.39 is 16.6 Å². The summed E-state index contributed by atoms with van der Waals surface area (Å²) in [5.41, 5.74) is -0.182. The smallest absolute Gasteiger partial charge is 0.270 e. The second-order valence-electron chi connectivity index (χ2n) is 4.37. The number of aliphatic hydroxyl groups is 1. The maximum Gasteiger partial charge on any atom is 0.270 e. The summed E-state index contributed by atoms with van der Waals surface area (Å²) in [6, 6.07) is 3.93. The van der Waals surface area contributed by atoms with E-state index in [9.17, 15) is 20.0 Å². The molecule has 0 saturated heterocycles. The van der Waals surface area contributed by atoms with Gasteiger partial charge in [0.1, 0.15) is 0 Å². The number of benzene rings is 1. The second kappa shape index (κ2) is 5.76. The van der Waals surface area contributed by atoms with Gasteiger partial charge in [-0.2, -0.15) is 0 Å². The van der Waals surface area contributed by atoms with Crippen molar-refractivity contribution in [2.24, 2.45) is 0 Å². The molecule has 2 N–H and O–H groups in total. The summed E-state index contributed by atoms with van der Waals surface area (Å²) in [5, 5.41) is 23.4. The molecule has 0 fully saturated rings. The minimum Gasteiger partial charge on any atom is -0.390 e. The van der Waals surface area contributed by atoms with Crippen molar-refractivity contribution in [2.75, 3.05) is 13.6 Å². The van der Waals surface area contributed by atoms with Gasteiger partial charge in [0.25, 0.3) is 11.2 Å². The third-order valence-corrected chi connectivity index (χ3v) is 2.87. The molecule has 8 heteroatoms. The number of nitrogens with zero attached hydrogens (tertiary/aromatic N) is 3. The molecule has 106 valence electrons. The highest BCUT2D eigenvalue weighted by molar-refractivity contribution is 5.79. The lowest BCUT2D eigenvalue weighted by atomic mass is 10.2. The topological polar surface area (TPSA) is 110 Å². The summed E-state index contributed by atoms with van der Waals surface area (Å²) >= 11 is 0. The maximum absolute atomic E-state index is 12.2. The summed E-state index contributed by atoms with van der Waals surface area (Å²) in [7, 11) is 1.69. The minimum atomic E-state index is -0.740. The van der Waals surface area contributed by atoms with Crippen molar-refractivity contribution in [3.63, 3.8) is 0 Å². The van der Waals surface area contributed by atoms with Gasteiger partial charge in [0, 0.05) is 18.7 Å². The van der Waals surface area contributed by atoms with Crippen molar-refractivity contribution in [1.29, 1.82) is 0 Å². The Morgan fingerprint density at radius 3 is 2.95 bits per heavy atom. The van der Waals surface area contributed by atoms with Gasteiger partial charge in [-0.05, 0) is 13.1 Å². The molecule has 0 spiro atoms. The lowest BCUT2D eigenvalue weighted by molar-refractivity contribution is -0.384. The zero-order chi connectivity index (χ0) is 14.7. The Morgan fingerprint density at radius 1 is 1.55 bits per heavy atom. The molecule has 0 bridgehead atoms. The number of hydrogen-bond donors (Lipinski definition) is 2. The third kappa shape index (κ3) is 2.81. The first kappa shape index (κ1) is 14.1. The lowest BCUT2D eigenvalue weighted by Gasteiger charge is -2.12. The molecule has 8 nitrogen and oxygen atoms in total. The fourth-order valence-electron chi connectivity index (χ4n) is 1.92. The van der Waals surface area contributed by atoms with Crippen LogP contribution in [0.2, 0.25) is 0 Å². The van der Waals surface area contributed by atoms with Gasteiger partial charge in [-0.15, -0.1) is 0 Å². The zero-order valence-corrected chi connectivity index (χ0v) is 10.8. The molecule has 1 atom stereocenters. The molecule has 1 heterocycles. The van der Waals surface area contributed by atoms with E-state index in [1.165, 1.54) is 29.1 Å². The molecule has 0 radical (unpaired) electrons. The maximum atomic E-state index is 12.2. The van der Waals surface area contributed by atoms with Crippen LogP contribution in [0, 0.1) is 10.1 Å². The average Bonchev–Trinajstić information content (AvgIpc) is 2.42. The van der Waals surface area contributed by atoms with Crippen molar-refractivity contribution in [2.45, 2.75) is 12.6 Å². The van der Waals surface area contributed by atoms with Gasteiger partial charge in [0.05, 0.1) is 34.8 Å². The fraction of sp³-hybridized carbons (Fsp3) is 0.333. The second-order valence-corrected chi connectivity index (χ2v) is 4.37. The van der Waals surface area contributed by atoms with Crippen LogP contribution in [-0.4, -0.2) is 39.3 Å². The normalized spacial score (nSPS) is 12.5. The van der Waals surface area contributed by atoms with E-state index in [1.54, 1.807) is 7.05 Å². The van der Waals surface area contributed by atoms with Crippen LogP contribution in [0.5, 0.6) is 0 Å². The van der Waals surface area contributed by atoms with E-state index in [0.29, 0.717) is 12.1 Å². The Hall–Kier alpha value is -2.32. The van der Waals surface area contributed by atoms with E-state index in [0.717, 1.165) is 0 Å². The summed E-state index contributed by atoms with van der Waals surface area (Å²) < 4.78 is 1.24. The number of fused-ring (bicyclic) bond motifs is 1. The number of aliphatic hydroxyl groups excluding tert-OH is 1. The van der Waals surface area contributed by atoms with Gasteiger partial charge in [-0.25, -0.2) is 4.98 Å². The van der Waals surface area contributed by atoms with E-state index in [4.69, 9.17) is 0 Å². The molecule has 0 saturated carbocycles. The standard InChI is InChI=1S/C12H14N4O4/c1-13-5-9(17)6-15-7-14-11-3-2-8(16(19)20)4-10(11)12(15)18/h2-4,7,9,13,17H,5-6H2,1H3. The molecular formula is C12H14N4O4. The van der Waals surface area contributed by atoms with Crippen LogP contribution in [0.25, 0.3) is 10.9 Å². The average molecular weight is 278 g/mol. The van der Waals surface area contributed by atoms with Gasteiger partial charge in [-0.3, -0.25) is 19.5 Å². The number of likely N-dealkylation sites (N-methyl/N-ethyl adjacent to an activating group) is 1. The molecule has 0 amide bonds. The molecule has 20 heavy (non-hydrogen) atoms. The first-order chi connectivity index (χ1) is 9.52. The number of nitrogens with one attached hydrogen (secondary N) is 1. The molecule has 2 aromatic rings. The predicted octanol–water partition coefficient (Wildman–Crippen LogP) is -0.115. The number of hydrogen-bond acceptors (Lipinski definition) is 6. The van der Waals surface area contributed by atoms with Gasteiger partial charge >= 0.3 is 0 Å². The number of aromatic nitrogens is 2. The van der Waals surface area contributed by atoms with Crippen LogP contribution >= 0.6 is 0 Å². The zero-order valence-electron chi connectivity index (χ0n) is 10.8. The molecule has 0 aliphatic rings. The molecule has 1 unspecified atom stereocenters. The van der Waals surface area contributed by atoms with Gasteiger partial charge in [0.15, 0.2) is 0 Å². The van der Waals surface area contributed by atoms with Crippen LogP contribution in [0.15, 0.2) is 29.3 Å². The third-order valence-electron chi connectivity index (χ3n) is 2.87. The van der Waals surface area contributed by atoms with E-state index >= 15 is 0 Å². The summed E-state index contributed by atoms with van der Waals surface area (Å²) in [6.45, 7) is 0.407. The van der Waals surface area contributed by atoms with Crippen LogP contribution in [0.4, 0.5) is 5.69 Å². The Balaban J connectivity index is 2.46. The summed E-state index contributed by atoms with van der Waals surface area (Å²) in [5.74, 6) is 0. The fourth-order valence-corrected chi connectivity index (χ4v) is 1.92. The van der Waals surface area contributed by atoms with Gasteiger partial charge in [-0.1, -0.05) is 0 Å². The van der Waals surface area contributed by atoms with Crippen molar-refractivity contribution in [3.8, 4) is 0 Å². The Morgan fingerprint density at radius 2 is 2.30 bits per heavy atom. The van der Waals surface area contributed by atoms with Gasteiger partial charge in [0.2, 0.25) is 0 Å². The highest BCUT2D eigenvalue weighted by atomic mass is 16.6. The predicted molar refractivity (Wildman–Crippen MR) is 72.6 cm³/mol. The number of rotatable bonds is 5. The summed E-state index contributed by atoms with van der Waals surface area (Å²) in [4.78, 5) is 26.4. The highest BCUT2D eigenvalue weighted by Gasteiger charge is 2.12. The van der Waals surface area contributed by atoms with Crippen LogP contribution < -0.4 is 10.9 Å². The first-order valence-corrected chi connectivity index (χ1v) is 5.99. The number of non-ortho nitro benzene ring substituents is 1. The highest BCUT2D eigenvalue weighted by Crippen LogP contribution is 2.16. The Kier molecular flexibility index (Phi) is 4.06. The van der Waals surface area contributed by atoms with E-state index in [-0.39, 0.29) is 17.6 Å². The summed E-state index contributed by atoms with van der Waals surface area (Å²) in [6.07, 6.45) is 0.589. The molecule has 1 aromatic carbocycles. The van der Waals surface area contributed by atoms with E-state index in [2.05, 4.69) is 10.3 Å². The van der Waals surface area contributed by atoms with Crippen LogP contribution in [0.1, 0.15) is 0 Å². The van der Waals surface area contributed by atoms with E-state index in [1.807, 2.05) is 0 Å². The lowest BCUT2D eigenvalue weighted by Crippen LogP contribution is -2.32. The molecule has 0 aliphatic carbocycles. The molecule has 2 rings (SSSR count). The van der Waals surface area contributed by atoms with Crippen molar-refractivity contribution in [3.05, 3.63) is 45.0 Å². The number of nitro groups is 1. The molecule has 0 aliphatic heterocycles. The molecule has 1 aromatic heterocycles.